The largest absolute Gasteiger partial charge is 0.393 e. The maximum atomic E-state index is 10.1. The van der Waals surface area contributed by atoms with E-state index in [1.54, 1.807) is 0 Å². The van der Waals surface area contributed by atoms with Crippen LogP contribution in [0.2, 0.25) is 0 Å². The standard InChI is InChI=1S/C14H26O2/c1-2-10-7-8-14(16)12(9-10)11-5-3-4-6-13(11)15/h10-16H,2-9H2,1H3. The highest BCUT2D eigenvalue weighted by Gasteiger charge is 2.38. The van der Waals surface area contributed by atoms with Crippen LogP contribution in [0, 0.1) is 17.8 Å². The first-order valence-corrected chi connectivity index (χ1v) is 7.08. The van der Waals surface area contributed by atoms with Gasteiger partial charge < -0.3 is 10.2 Å². The van der Waals surface area contributed by atoms with Crippen molar-refractivity contribution in [3.63, 3.8) is 0 Å². The highest BCUT2D eigenvalue weighted by Crippen LogP contribution is 2.41. The lowest BCUT2D eigenvalue weighted by Crippen LogP contribution is -2.40. The predicted octanol–water partition coefficient (Wildman–Crippen LogP) is 2.72. The van der Waals surface area contributed by atoms with Gasteiger partial charge in [-0.2, -0.15) is 0 Å². The van der Waals surface area contributed by atoms with Gasteiger partial charge in [0.2, 0.25) is 0 Å². The van der Waals surface area contributed by atoms with Crippen LogP contribution < -0.4 is 0 Å². The Bertz CT molecular complexity index is 217. The molecule has 2 fully saturated rings. The quantitative estimate of drug-likeness (QED) is 0.760. The highest BCUT2D eigenvalue weighted by atomic mass is 16.3. The summed E-state index contributed by atoms with van der Waals surface area (Å²) in [5, 5.41) is 20.2. The molecule has 0 aliphatic heterocycles. The topological polar surface area (TPSA) is 40.5 Å². The second kappa shape index (κ2) is 5.50. The fourth-order valence-electron chi connectivity index (χ4n) is 3.75. The third kappa shape index (κ3) is 2.60. The van der Waals surface area contributed by atoms with E-state index in [9.17, 15) is 10.2 Å². The highest BCUT2D eigenvalue weighted by molar-refractivity contribution is 4.88. The first kappa shape index (κ1) is 12.4. The fraction of sp³-hybridized carbons (Fsp3) is 1.00. The zero-order valence-corrected chi connectivity index (χ0v) is 10.4. The lowest BCUT2D eigenvalue weighted by molar-refractivity contribution is -0.0442. The molecule has 0 saturated heterocycles. The third-order valence-corrected chi connectivity index (χ3v) is 4.88. The monoisotopic (exact) mass is 226 g/mol. The molecule has 0 amide bonds. The smallest absolute Gasteiger partial charge is 0.0572 e. The summed E-state index contributed by atoms with van der Waals surface area (Å²) in [7, 11) is 0. The minimum absolute atomic E-state index is 0.149. The molecule has 16 heavy (non-hydrogen) atoms. The Labute approximate surface area is 99.1 Å². The predicted molar refractivity (Wildman–Crippen MR) is 65.1 cm³/mol. The van der Waals surface area contributed by atoms with Crippen molar-refractivity contribution in [1.82, 2.24) is 0 Å². The van der Waals surface area contributed by atoms with Crippen molar-refractivity contribution < 1.29 is 10.2 Å². The van der Waals surface area contributed by atoms with Gasteiger partial charge in [0.1, 0.15) is 0 Å². The van der Waals surface area contributed by atoms with Crippen molar-refractivity contribution >= 4 is 0 Å². The van der Waals surface area contributed by atoms with Crippen LogP contribution in [0.1, 0.15) is 58.3 Å². The van der Waals surface area contributed by atoms with Gasteiger partial charge in [-0.1, -0.05) is 26.2 Å². The molecule has 0 spiro atoms. The summed E-state index contributed by atoms with van der Waals surface area (Å²) in [6, 6.07) is 0. The summed E-state index contributed by atoms with van der Waals surface area (Å²) in [5.41, 5.74) is 0. The lowest BCUT2D eigenvalue weighted by Gasteiger charge is -2.41. The van der Waals surface area contributed by atoms with Crippen molar-refractivity contribution in [3.8, 4) is 0 Å². The minimum atomic E-state index is -0.152. The normalized spacial score (nSPS) is 45.6. The number of rotatable bonds is 2. The zero-order chi connectivity index (χ0) is 11.5. The van der Waals surface area contributed by atoms with E-state index in [1.165, 1.54) is 19.3 Å². The summed E-state index contributed by atoms with van der Waals surface area (Å²) < 4.78 is 0. The molecular formula is C14H26O2. The van der Waals surface area contributed by atoms with E-state index in [1.807, 2.05) is 0 Å². The van der Waals surface area contributed by atoms with Crippen LogP contribution in [0.15, 0.2) is 0 Å². The van der Waals surface area contributed by atoms with Gasteiger partial charge >= 0.3 is 0 Å². The van der Waals surface area contributed by atoms with E-state index in [0.29, 0.717) is 11.8 Å². The van der Waals surface area contributed by atoms with Gasteiger partial charge in [0, 0.05) is 0 Å². The first-order chi connectivity index (χ1) is 7.72. The van der Waals surface area contributed by atoms with E-state index in [0.717, 1.165) is 38.0 Å². The van der Waals surface area contributed by atoms with Crippen LogP contribution in [0.3, 0.4) is 0 Å². The molecule has 94 valence electrons. The first-order valence-electron chi connectivity index (χ1n) is 7.08. The number of aliphatic hydroxyl groups is 2. The summed E-state index contributed by atoms with van der Waals surface area (Å²) >= 11 is 0. The molecule has 2 rings (SSSR count). The van der Waals surface area contributed by atoms with E-state index >= 15 is 0 Å². The molecule has 2 saturated carbocycles. The van der Waals surface area contributed by atoms with Crippen molar-refractivity contribution in [2.45, 2.75) is 70.5 Å². The molecule has 2 nitrogen and oxygen atoms in total. The third-order valence-electron chi connectivity index (χ3n) is 4.88. The van der Waals surface area contributed by atoms with Gasteiger partial charge in [-0.3, -0.25) is 0 Å². The molecule has 0 aromatic carbocycles. The summed E-state index contributed by atoms with van der Waals surface area (Å²) in [6.45, 7) is 2.25. The Morgan fingerprint density at radius 3 is 2.25 bits per heavy atom. The molecule has 0 heterocycles. The Kier molecular flexibility index (Phi) is 4.26. The average Bonchev–Trinajstić information content (AvgIpc) is 2.31. The summed E-state index contributed by atoms with van der Waals surface area (Å²) in [5.74, 6) is 1.52. The summed E-state index contributed by atoms with van der Waals surface area (Å²) in [6.07, 6.45) is 8.67. The van der Waals surface area contributed by atoms with Gasteiger partial charge in [0.05, 0.1) is 12.2 Å². The van der Waals surface area contributed by atoms with Crippen molar-refractivity contribution in [3.05, 3.63) is 0 Å². The molecule has 2 aliphatic rings. The number of aliphatic hydroxyl groups excluding tert-OH is 2. The van der Waals surface area contributed by atoms with E-state index < -0.39 is 0 Å². The Balaban J connectivity index is 1.99. The maximum absolute atomic E-state index is 10.1. The van der Waals surface area contributed by atoms with E-state index in [2.05, 4.69) is 6.92 Å². The molecule has 0 aromatic rings. The Hall–Kier alpha value is -0.0800. The van der Waals surface area contributed by atoms with Gasteiger partial charge in [-0.05, 0) is 49.9 Å². The lowest BCUT2D eigenvalue weighted by atomic mass is 9.67. The molecule has 2 aliphatic carbocycles. The Morgan fingerprint density at radius 1 is 0.875 bits per heavy atom. The minimum Gasteiger partial charge on any atom is -0.393 e. The average molecular weight is 226 g/mol. The second-order valence-corrected chi connectivity index (χ2v) is 5.83. The van der Waals surface area contributed by atoms with Crippen molar-refractivity contribution in [2.24, 2.45) is 17.8 Å². The SMILES string of the molecule is CCC1CCC(O)C(C2CCCCC2O)C1. The molecule has 0 aromatic heterocycles. The van der Waals surface area contributed by atoms with Crippen LogP contribution in [-0.2, 0) is 0 Å². The molecule has 5 unspecified atom stereocenters. The fourth-order valence-corrected chi connectivity index (χ4v) is 3.75. The molecule has 5 atom stereocenters. The van der Waals surface area contributed by atoms with Gasteiger partial charge in [0.25, 0.3) is 0 Å². The van der Waals surface area contributed by atoms with Gasteiger partial charge in [-0.15, -0.1) is 0 Å². The van der Waals surface area contributed by atoms with Crippen molar-refractivity contribution in [1.29, 1.82) is 0 Å². The Morgan fingerprint density at radius 2 is 1.56 bits per heavy atom. The molecule has 2 heteroatoms. The molecule has 0 bridgehead atoms. The number of hydrogen-bond acceptors (Lipinski definition) is 2. The molecule has 2 N–H and O–H groups in total. The van der Waals surface area contributed by atoms with Crippen LogP contribution >= 0.6 is 0 Å². The number of hydrogen-bond donors (Lipinski definition) is 2. The van der Waals surface area contributed by atoms with Crippen LogP contribution in [0.4, 0.5) is 0 Å². The van der Waals surface area contributed by atoms with Crippen LogP contribution in [0.5, 0.6) is 0 Å². The zero-order valence-electron chi connectivity index (χ0n) is 10.4. The van der Waals surface area contributed by atoms with Crippen LogP contribution in [0.25, 0.3) is 0 Å². The summed E-state index contributed by atoms with van der Waals surface area (Å²) in [4.78, 5) is 0. The second-order valence-electron chi connectivity index (χ2n) is 5.83. The maximum Gasteiger partial charge on any atom is 0.0572 e. The molecule has 0 radical (unpaired) electrons. The van der Waals surface area contributed by atoms with Gasteiger partial charge in [0.15, 0.2) is 0 Å². The van der Waals surface area contributed by atoms with Gasteiger partial charge in [-0.25, -0.2) is 0 Å². The van der Waals surface area contributed by atoms with Crippen LogP contribution in [-0.4, -0.2) is 22.4 Å². The van der Waals surface area contributed by atoms with E-state index in [-0.39, 0.29) is 12.2 Å². The molecular weight excluding hydrogens is 200 g/mol. The van der Waals surface area contributed by atoms with Crippen molar-refractivity contribution in [2.75, 3.05) is 0 Å². The van der Waals surface area contributed by atoms with E-state index in [4.69, 9.17) is 0 Å².